The van der Waals surface area contributed by atoms with Gasteiger partial charge in [-0.1, -0.05) is 72.7 Å². The first-order chi connectivity index (χ1) is 30.8. The number of likely N-dealkylation sites (tertiary alicyclic amines) is 1. The first-order valence-electron chi connectivity index (χ1n) is 21.1. The van der Waals surface area contributed by atoms with Crippen molar-refractivity contribution in [1.82, 2.24) is 31.2 Å². The van der Waals surface area contributed by atoms with Crippen molar-refractivity contribution in [3.8, 4) is 5.75 Å². The fraction of sp³-hybridized carbons (Fsp3) is 0.489. The van der Waals surface area contributed by atoms with Gasteiger partial charge in [0.25, 0.3) is 5.91 Å². The molecular weight excluding hydrogens is 877 g/mol. The van der Waals surface area contributed by atoms with Gasteiger partial charge in [-0.05, 0) is 48.1 Å². The van der Waals surface area contributed by atoms with Crippen LogP contribution in [0.25, 0.3) is 10.9 Å². The van der Waals surface area contributed by atoms with Gasteiger partial charge in [-0.3, -0.25) is 38.4 Å². The molecule has 0 radical (unpaired) electrons. The number of aromatic nitrogens is 1. The third-order valence-electron chi connectivity index (χ3n) is 10.8. The molecule has 0 spiro atoms. The number of benzene rings is 2. The number of aliphatic carboxylic acids is 2. The highest BCUT2D eigenvalue weighted by Gasteiger charge is 2.46. The number of nitrogens with zero attached hydrogens (tertiary/aromatic N) is 2. The predicted octanol–water partition coefficient (Wildman–Crippen LogP) is 3.91. The highest BCUT2D eigenvalue weighted by molar-refractivity contribution is 6.00. The number of ketones is 1. The molecule has 2 aromatic carbocycles. The Bertz CT molecular complexity index is 2330. The van der Waals surface area contributed by atoms with E-state index in [2.05, 4.69) is 26.3 Å². The summed E-state index contributed by atoms with van der Waals surface area (Å²) in [5.74, 6) is -20.0. The lowest BCUT2D eigenvalue weighted by Gasteiger charge is -2.35. The monoisotopic (exact) mass is 930 g/mol. The van der Waals surface area contributed by atoms with Gasteiger partial charge in [0, 0.05) is 18.0 Å². The Labute approximate surface area is 377 Å². The Kier molecular flexibility index (Phi) is 17.3. The zero-order valence-electron chi connectivity index (χ0n) is 37.4. The number of carboxylic acid groups (broad SMARTS) is 2. The molecule has 1 saturated heterocycles. The molecule has 6 N–H and O–H groups in total. The van der Waals surface area contributed by atoms with E-state index in [1.807, 2.05) is 20.8 Å². The number of amides is 5. The van der Waals surface area contributed by atoms with E-state index in [0.29, 0.717) is 11.9 Å². The summed E-state index contributed by atoms with van der Waals surface area (Å²) in [7, 11) is 0. The number of ether oxygens (including phenoxy) is 1. The largest absolute Gasteiger partial charge is 0.481 e. The highest BCUT2D eigenvalue weighted by atomic mass is 19.2. The lowest BCUT2D eigenvalue weighted by atomic mass is 9.81. The van der Waals surface area contributed by atoms with Crippen LogP contribution in [0, 0.1) is 46.4 Å². The van der Waals surface area contributed by atoms with Crippen molar-refractivity contribution in [3.05, 3.63) is 71.4 Å². The van der Waals surface area contributed by atoms with Crippen LogP contribution in [-0.2, 0) is 33.6 Å². The quantitative estimate of drug-likeness (QED) is 0.0698. The van der Waals surface area contributed by atoms with Crippen molar-refractivity contribution < 1.29 is 70.9 Å². The molecule has 0 aliphatic carbocycles. The summed E-state index contributed by atoms with van der Waals surface area (Å²) in [5.41, 5.74) is 0.0652. The number of pyridine rings is 1. The van der Waals surface area contributed by atoms with Gasteiger partial charge >= 0.3 is 11.9 Å². The molecule has 0 bridgehead atoms. The summed E-state index contributed by atoms with van der Waals surface area (Å²) < 4.78 is 60.8. The van der Waals surface area contributed by atoms with Crippen molar-refractivity contribution >= 4 is 58.2 Å². The van der Waals surface area contributed by atoms with Crippen LogP contribution in [0.2, 0.25) is 0 Å². The van der Waals surface area contributed by atoms with Crippen molar-refractivity contribution in [2.24, 2.45) is 23.2 Å². The molecule has 1 aliphatic heterocycles. The fourth-order valence-electron chi connectivity index (χ4n) is 7.59. The van der Waals surface area contributed by atoms with Gasteiger partial charge in [-0.25, -0.2) is 13.8 Å². The molecule has 66 heavy (non-hydrogen) atoms. The number of halogens is 4. The number of hydrogen-bond donors (Lipinski definition) is 6. The van der Waals surface area contributed by atoms with E-state index in [1.165, 1.54) is 6.07 Å². The molecule has 1 unspecified atom stereocenters. The molecule has 6 atom stereocenters. The van der Waals surface area contributed by atoms with Gasteiger partial charge in [0.05, 0.1) is 18.4 Å². The van der Waals surface area contributed by atoms with E-state index in [4.69, 9.17) is 4.74 Å². The van der Waals surface area contributed by atoms with Gasteiger partial charge < -0.3 is 41.1 Å². The molecule has 21 heteroatoms. The zero-order chi connectivity index (χ0) is 49.4. The van der Waals surface area contributed by atoms with Gasteiger partial charge in [0.1, 0.15) is 42.5 Å². The Hall–Kier alpha value is -6.67. The second-order valence-electron chi connectivity index (χ2n) is 18.0. The maximum Gasteiger partial charge on any atom is 0.305 e. The lowest BCUT2D eigenvalue weighted by Crippen LogP contribution is -2.61. The van der Waals surface area contributed by atoms with E-state index in [9.17, 15) is 66.1 Å². The number of rotatable bonds is 20. The number of carbonyl (C=O) groups is 8. The van der Waals surface area contributed by atoms with Crippen LogP contribution in [0.3, 0.4) is 0 Å². The number of fused-ring (bicyclic) bond motifs is 1. The summed E-state index contributed by atoms with van der Waals surface area (Å²) >= 11 is 0. The van der Waals surface area contributed by atoms with Crippen LogP contribution in [0.1, 0.15) is 84.6 Å². The maximum atomic E-state index is 14.5. The van der Waals surface area contributed by atoms with Crippen molar-refractivity contribution in [2.75, 3.05) is 13.2 Å². The van der Waals surface area contributed by atoms with E-state index >= 15 is 0 Å². The molecule has 5 amide bonds. The van der Waals surface area contributed by atoms with Gasteiger partial charge in [0.15, 0.2) is 23.2 Å². The molecule has 3 aromatic rings. The van der Waals surface area contributed by atoms with Crippen molar-refractivity contribution in [1.29, 1.82) is 0 Å². The van der Waals surface area contributed by atoms with Crippen LogP contribution >= 0.6 is 0 Å². The first-order valence-corrected chi connectivity index (χ1v) is 21.1. The Balaban J connectivity index is 1.56. The summed E-state index contributed by atoms with van der Waals surface area (Å²) in [6.45, 7) is 10.5. The van der Waals surface area contributed by atoms with Gasteiger partial charge in [-0.15, -0.1) is 0 Å². The van der Waals surface area contributed by atoms with Gasteiger partial charge in [0.2, 0.25) is 35.3 Å². The second kappa shape index (κ2) is 22.0. The van der Waals surface area contributed by atoms with Gasteiger partial charge in [-0.2, -0.15) is 8.78 Å². The topological polar surface area (TPSA) is 250 Å². The molecule has 17 nitrogen and oxygen atoms in total. The predicted molar refractivity (Wildman–Crippen MR) is 227 cm³/mol. The molecule has 2 heterocycles. The molecule has 1 fully saturated rings. The Morgan fingerprint density at radius 3 is 1.94 bits per heavy atom. The number of carboxylic acids is 2. The maximum absolute atomic E-state index is 14.5. The summed E-state index contributed by atoms with van der Waals surface area (Å²) in [6, 6.07) is 2.25. The average Bonchev–Trinajstić information content (AvgIpc) is 3.64. The van der Waals surface area contributed by atoms with Crippen LogP contribution in [0.5, 0.6) is 5.75 Å². The van der Waals surface area contributed by atoms with E-state index in [1.54, 1.807) is 58.0 Å². The molecule has 1 aromatic heterocycles. The van der Waals surface area contributed by atoms with E-state index in [0.717, 1.165) is 10.3 Å². The molecular formula is C45H54F4N6O11. The first kappa shape index (κ1) is 52.0. The van der Waals surface area contributed by atoms with E-state index < -0.39 is 149 Å². The summed E-state index contributed by atoms with van der Waals surface area (Å²) in [6.07, 6.45) is -1.49. The van der Waals surface area contributed by atoms with Crippen LogP contribution in [-0.4, -0.2) is 111 Å². The lowest BCUT2D eigenvalue weighted by molar-refractivity contribution is -0.146. The standard InChI is InChI=1S/C45H54F4N6O11/c1-21(2)36(53-40(61)28-13-12-23-10-8-9-11-27(23)50-28)42(63)52-30(18-33(59)60)41(62)54-37(22(3)4)44(65)55-15-14-24(19-45(5,6)7)38(55)43(64)51-29(17-32(57)58)31(56)20-66-39-34(48)25(46)16-26(47)35(39)49/h8-13,16,21-22,24,29-30,36-38H,14-15,17-20H2,1-7H3,(H,51,64)(H,52,63)(H,53,61)(H,54,62)(H,57,58)(H,59,60)/t24-,29-,30-,36-,37-,38?/m0/s1. The highest BCUT2D eigenvalue weighted by Crippen LogP contribution is 2.36. The zero-order valence-corrected chi connectivity index (χ0v) is 37.4. The van der Waals surface area contributed by atoms with Crippen LogP contribution < -0.4 is 26.0 Å². The van der Waals surface area contributed by atoms with Crippen molar-refractivity contribution in [2.45, 2.75) is 104 Å². The summed E-state index contributed by atoms with van der Waals surface area (Å²) in [5, 5.41) is 29.9. The number of hydrogen-bond acceptors (Lipinski definition) is 10. The van der Waals surface area contributed by atoms with Crippen LogP contribution in [0.15, 0.2) is 42.5 Å². The smallest absolute Gasteiger partial charge is 0.305 e. The van der Waals surface area contributed by atoms with E-state index in [-0.39, 0.29) is 24.7 Å². The number of Topliss-reactive ketones (excluding diaryl/α,β-unsaturated/α-hetero) is 1. The second-order valence-corrected chi connectivity index (χ2v) is 18.0. The third-order valence-corrected chi connectivity index (χ3v) is 10.8. The fourth-order valence-corrected chi connectivity index (χ4v) is 7.59. The molecule has 4 rings (SSSR count). The Morgan fingerprint density at radius 2 is 1.36 bits per heavy atom. The number of nitrogens with one attached hydrogen (secondary N) is 4. The van der Waals surface area contributed by atoms with Crippen molar-refractivity contribution in [3.63, 3.8) is 0 Å². The minimum Gasteiger partial charge on any atom is -0.481 e. The average molecular weight is 931 g/mol. The normalized spacial score (nSPS) is 16.8. The Morgan fingerprint density at radius 1 is 0.773 bits per heavy atom. The minimum atomic E-state index is -1.96. The molecule has 358 valence electrons. The third kappa shape index (κ3) is 13.4. The molecule has 1 aliphatic rings. The molecule has 0 saturated carbocycles. The number of para-hydroxylation sites is 1. The minimum absolute atomic E-state index is 0.00557. The summed E-state index contributed by atoms with van der Waals surface area (Å²) in [4.78, 5) is 112. The SMILES string of the molecule is CC(C)[C@H](NC(=O)c1ccc2ccccc2n1)C(=O)N[C@@H](CC(=O)O)C(=O)N[C@H](C(=O)N1CC[C@@H](CC(C)(C)C)C1C(=O)N[C@@H](CC(=O)O)C(=O)COc1c(F)c(F)cc(F)c1F)C(C)C. The number of carbonyl (C=O) groups excluding carboxylic acids is 6. The van der Waals surface area contributed by atoms with Crippen LogP contribution in [0.4, 0.5) is 17.6 Å².